The average Bonchev–Trinajstić information content (AvgIpc) is 2.39. The Balaban J connectivity index is 2.47. The summed E-state index contributed by atoms with van der Waals surface area (Å²) in [5.74, 6) is 0.857. The van der Waals surface area contributed by atoms with E-state index in [1.54, 1.807) is 21.3 Å². The molecule has 1 atom stereocenters. The number of ether oxygens (including phenoxy) is 3. The van der Waals surface area contributed by atoms with E-state index in [4.69, 9.17) is 14.2 Å². The van der Waals surface area contributed by atoms with Crippen LogP contribution in [0, 0.1) is 0 Å². The molecule has 1 aromatic rings. The van der Waals surface area contributed by atoms with Gasteiger partial charge in [-0.2, -0.15) is 0 Å². The van der Waals surface area contributed by atoms with Crippen LogP contribution in [0.4, 0.5) is 0 Å². The van der Waals surface area contributed by atoms with Gasteiger partial charge in [0.05, 0.1) is 19.8 Å². The van der Waals surface area contributed by atoms with Gasteiger partial charge < -0.3 is 19.5 Å². The fraction of sp³-hybridized carbons (Fsp3) is 0.538. The lowest BCUT2D eigenvalue weighted by atomic mass is 10.2. The van der Waals surface area contributed by atoms with Crippen LogP contribution in [-0.2, 0) is 16.0 Å². The highest BCUT2D eigenvalue weighted by Gasteiger charge is 2.07. The Labute approximate surface area is 117 Å². The van der Waals surface area contributed by atoms with Crippen molar-refractivity contribution in [2.75, 3.05) is 34.5 Å². The summed E-state index contributed by atoms with van der Waals surface area (Å²) < 4.78 is 16.6. The highest BCUT2D eigenvalue weighted by atomic mass is 79.9. The summed E-state index contributed by atoms with van der Waals surface area (Å²) in [6.45, 7) is 2.08. The smallest absolute Gasteiger partial charge is 0.119 e. The molecule has 0 amide bonds. The number of methoxy groups -OCH3 is 3. The minimum absolute atomic E-state index is 0.0689. The number of halogens is 1. The maximum atomic E-state index is 5.28. The van der Waals surface area contributed by atoms with Crippen LogP contribution in [0.25, 0.3) is 0 Å². The van der Waals surface area contributed by atoms with E-state index >= 15 is 0 Å². The van der Waals surface area contributed by atoms with Crippen molar-refractivity contribution in [1.82, 2.24) is 5.32 Å². The molecule has 0 aliphatic rings. The molecule has 1 aromatic carbocycles. The van der Waals surface area contributed by atoms with Crippen molar-refractivity contribution in [2.24, 2.45) is 0 Å². The van der Waals surface area contributed by atoms with E-state index in [9.17, 15) is 0 Å². The molecule has 4 nitrogen and oxygen atoms in total. The number of hydrogen-bond acceptors (Lipinski definition) is 4. The van der Waals surface area contributed by atoms with Crippen molar-refractivity contribution in [3.63, 3.8) is 0 Å². The Bertz CT molecular complexity index is 360. The number of hydrogen-bond donors (Lipinski definition) is 1. The van der Waals surface area contributed by atoms with Crippen LogP contribution in [0.3, 0.4) is 0 Å². The summed E-state index contributed by atoms with van der Waals surface area (Å²) in [5.41, 5.74) is 1.15. The van der Waals surface area contributed by atoms with Crippen molar-refractivity contribution in [1.29, 1.82) is 0 Å². The van der Waals surface area contributed by atoms with Gasteiger partial charge >= 0.3 is 0 Å². The molecule has 0 heterocycles. The summed E-state index contributed by atoms with van der Waals surface area (Å²) in [5, 5.41) is 3.34. The van der Waals surface area contributed by atoms with Crippen molar-refractivity contribution >= 4 is 15.9 Å². The maximum absolute atomic E-state index is 5.28. The van der Waals surface area contributed by atoms with Gasteiger partial charge in [0.15, 0.2) is 0 Å². The molecule has 0 spiro atoms. The molecule has 18 heavy (non-hydrogen) atoms. The Morgan fingerprint density at radius 2 is 2.06 bits per heavy atom. The molecule has 0 saturated carbocycles. The second-order valence-electron chi connectivity index (χ2n) is 3.90. The standard InChI is InChI=1S/C13H20BrNO3/c1-16-9-12(18-3)8-15-7-10-6-11(17-2)4-5-13(10)14/h4-6,12,15H,7-9H2,1-3H3. The van der Waals surface area contributed by atoms with E-state index in [-0.39, 0.29) is 6.10 Å². The average molecular weight is 318 g/mol. The summed E-state index contributed by atoms with van der Waals surface area (Å²) >= 11 is 3.52. The molecule has 1 N–H and O–H groups in total. The normalized spacial score (nSPS) is 12.4. The zero-order valence-electron chi connectivity index (χ0n) is 11.0. The summed E-state index contributed by atoms with van der Waals surface area (Å²) in [4.78, 5) is 0. The molecule has 0 bridgehead atoms. The highest BCUT2D eigenvalue weighted by molar-refractivity contribution is 9.10. The van der Waals surface area contributed by atoms with E-state index in [1.165, 1.54) is 0 Å². The van der Waals surface area contributed by atoms with Crippen LogP contribution in [0.2, 0.25) is 0 Å². The molecule has 0 radical (unpaired) electrons. The Hall–Kier alpha value is -0.620. The zero-order chi connectivity index (χ0) is 13.4. The second kappa shape index (κ2) is 8.48. The fourth-order valence-corrected chi connectivity index (χ4v) is 1.96. The van der Waals surface area contributed by atoms with Gasteiger partial charge in [0, 0.05) is 31.8 Å². The summed E-state index contributed by atoms with van der Waals surface area (Å²) in [7, 11) is 5.03. The third-order valence-corrected chi connectivity index (χ3v) is 3.40. The number of benzene rings is 1. The third kappa shape index (κ3) is 4.94. The van der Waals surface area contributed by atoms with Crippen LogP contribution in [0.1, 0.15) is 5.56 Å². The van der Waals surface area contributed by atoms with Crippen LogP contribution in [-0.4, -0.2) is 40.6 Å². The van der Waals surface area contributed by atoms with Crippen LogP contribution in [0.15, 0.2) is 22.7 Å². The quantitative estimate of drug-likeness (QED) is 0.798. The molecule has 102 valence electrons. The molecule has 0 fully saturated rings. The molecule has 0 aliphatic heterocycles. The molecule has 1 rings (SSSR count). The fourth-order valence-electron chi connectivity index (χ4n) is 1.58. The Morgan fingerprint density at radius 1 is 1.28 bits per heavy atom. The van der Waals surface area contributed by atoms with Crippen molar-refractivity contribution < 1.29 is 14.2 Å². The minimum atomic E-state index is 0.0689. The molecule has 0 aromatic heterocycles. The number of nitrogens with one attached hydrogen (secondary N) is 1. The summed E-state index contributed by atoms with van der Waals surface area (Å²) in [6.07, 6.45) is 0.0689. The Morgan fingerprint density at radius 3 is 2.67 bits per heavy atom. The lowest BCUT2D eigenvalue weighted by Crippen LogP contribution is -2.31. The molecule has 1 unspecified atom stereocenters. The van der Waals surface area contributed by atoms with Gasteiger partial charge in [-0.3, -0.25) is 0 Å². The predicted octanol–water partition coefficient (Wildman–Crippen LogP) is 2.21. The van der Waals surface area contributed by atoms with Gasteiger partial charge in [0.1, 0.15) is 5.75 Å². The molecule has 5 heteroatoms. The monoisotopic (exact) mass is 317 g/mol. The van der Waals surface area contributed by atoms with Gasteiger partial charge in [-0.05, 0) is 23.8 Å². The molecule has 0 saturated heterocycles. The topological polar surface area (TPSA) is 39.7 Å². The predicted molar refractivity (Wildman–Crippen MR) is 75.1 cm³/mol. The van der Waals surface area contributed by atoms with Crippen LogP contribution < -0.4 is 10.1 Å². The van der Waals surface area contributed by atoms with Gasteiger partial charge in [-0.1, -0.05) is 15.9 Å². The van der Waals surface area contributed by atoms with Gasteiger partial charge in [-0.25, -0.2) is 0 Å². The van der Waals surface area contributed by atoms with E-state index < -0.39 is 0 Å². The van der Waals surface area contributed by atoms with Gasteiger partial charge in [0.25, 0.3) is 0 Å². The highest BCUT2D eigenvalue weighted by Crippen LogP contribution is 2.22. The third-order valence-electron chi connectivity index (χ3n) is 2.63. The summed E-state index contributed by atoms with van der Waals surface area (Å²) in [6, 6.07) is 5.92. The van der Waals surface area contributed by atoms with E-state index in [1.807, 2.05) is 18.2 Å². The first kappa shape index (κ1) is 15.4. The van der Waals surface area contributed by atoms with E-state index in [2.05, 4.69) is 21.2 Å². The molecular weight excluding hydrogens is 298 g/mol. The SMILES string of the molecule is COCC(CNCc1cc(OC)ccc1Br)OC. The largest absolute Gasteiger partial charge is 0.497 e. The number of rotatable bonds is 8. The van der Waals surface area contributed by atoms with Gasteiger partial charge in [0.2, 0.25) is 0 Å². The first-order chi connectivity index (χ1) is 8.71. The molecular formula is C13H20BrNO3. The van der Waals surface area contributed by atoms with Crippen molar-refractivity contribution in [2.45, 2.75) is 12.6 Å². The van der Waals surface area contributed by atoms with Crippen molar-refractivity contribution in [3.8, 4) is 5.75 Å². The maximum Gasteiger partial charge on any atom is 0.119 e. The van der Waals surface area contributed by atoms with Crippen LogP contribution >= 0.6 is 15.9 Å². The second-order valence-corrected chi connectivity index (χ2v) is 4.76. The Kier molecular flexibility index (Phi) is 7.27. The minimum Gasteiger partial charge on any atom is -0.497 e. The molecule has 0 aliphatic carbocycles. The van der Waals surface area contributed by atoms with Crippen molar-refractivity contribution in [3.05, 3.63) is 28.2 Å². The lowest BCUT2D eigenvalue weighted by Gasteiger charge is -2.15. The zero-order valence-corrected chi connectivity index (χ0v) is 12.6. The first-order valence-corrected chi connectivity index (χ1v) is 6.55. The van der Waals surface area contributed by atoms with Gasteiger partial charge in [-0.15, -0.1) is 0 Å². The first-order valence-electron chi connectivity index (χ1n) is 5.76. The van der Waals surface area contributed by atoms with Crippen LogP contribution in [0.5, 0.6) is 5.75 Å². The lowest BCUT2D eigenvalue weighted by molar-refractivity contribution is 0.0288. The van der Waals surface area contributed by atoms with E-state index in [0.717, 1.165) is 28.9 Å². The van der Waals surface area contributed by atoms with E-state index in [0.29, 0.717) is 6.61 Å².